The van der Waals surface area contributed by atoms with Crippen molar-refractivity contribution in [1.82, 2.24) is 5.43 Å². The maximum absolute atomic E-state index is 5.76. The molecule has 0 spiro atoms. The topological polar surface area (TPSA) is 38.0 Å². The average Bonchev–Trinajstić information content (AvgIpc) is 2.49. The Balaban J connectivity index is 1.53. The predicted octanol–water partition coefficient (Wildman–Crippen LogP) is 3.49. The van der Waals surface area contributed by atoms with E-state index in [-0.39, 0.29) is 0 Å². The van der Waals surface area contributed by atoms with Gasteiger partial charge in [0.2, 0.25) is 0 Å². The first-order valence-corrected chi connectivity index (χ1v) is 7.85. The van der Waals surface area contributed by atoms with Gasteiger partial charge >= 0.3 is 0 Å². The zero-order valence-electron chi connectivity index (χ0n) is 12.7. The lowest BCUT2D eigenvalue weighted by Crippen LogP contribution is -2.38. The number of hydrazine groups is 1. The Morgan fingerprint density at radius 3 is 2.62 bits per heavy atom. The molecule has 0 bridgehead atoms. The largest absolute Gasteiger partial charge is 0.271 e. The quantitative estimate of drug-likeness (QED) is 0.628. The monoisotopic (exact) mass is 280 g/mol. The molecule has 0 fully saturated rings. The van der Waals surface area contributed by atoms with E-state index in [4.69, 9.17) is 5.84 Å². The Morgan fingerprint density at radius 1 is 1.14 bits per heavy atom. The highest BCUT2D eigenvalue weighted by Gasteiger charge is 2.27. The van der Waals surface area contributed by atoms with Crippen molar-refractivity contribution < 1.29 is 0 Å². The Kier molecular flexibility index (Phi) is 4.37. The standard InChI is InChI=1S/C19H24N2/c1-14-6-8-15(9-7-14)10-11-18(21-20)13-17-12-16-4-2-3-5-19(16)17/h2-9,17-18,21H,10-13,20H2,1H3. The second-order valence-electron chi connectivity index (χ2n) is 6.22. The van der Waals surface area contributed by atoms with Crippen molar-refractivity contribution >= 4 is 0 Å². The molecule has 0 aliphatic heterocycles. The number of benzene rings is 2. The van der Waals surface area contributed by atoms with Crippen LogP contribution < -0.4 is 11.3 Å². The number of hydrogen-bond acceptors (Lipinski definition) is 2. The third kappa shape index (κ3) is 3.34. The molecule has 21 heavy (non-hydrogen) atoms. The van der Waals surface area contributed by atoms with Gasteiger partial charge in [-0.1, -0.05) is 54.1 Å². The summed E-state index contributed by atoms with van der Waals surface area (Å²) in [6.07, 6.45) is 4.53. The molecule has 2 aromatic carbocycles. The lowest BCUT2D eigenvalue weighted by molar-refractivity contribution is 0.404. The minimum atomic E-state index is 0.393. The molecule has 3 rings (SSSR count). The van der Waals surface area contributed by atoms with E-state index in [2.05, 4.69) is 60.9 Å². The van der Waals surface area contributed by atoms with Crippen LogP contribution in [0.25, 0.3) is 0 Å². The lowest BCUT2D eigenvalue weighted by Gasteiger charge is -2.33. The molecule has 2 nitrogen and oxygen atoms in total. The zero-order chi connectivity index (χ0) is 14.7. The number of nitrogens with two attached hydrogens (primary N) is 1. The van der Waals surface area contributed by atoms with Crippen LogP contribution in [0, 0.1) is 6.92 Å². The van der Waals surface area contributed by atoms with Crippen LogP contribution in [0.2, 0.25) is 0 Å². The smallest absolute Gasteiger partial charge is 0.0219 e. The van der Waals surface area contributed by atoms with Crippen molar-refractivity contribution in [3.8, 4) is 0 Å². The first kappa shape index (κ1) is 14.3. The summed E-state index contributed by atoms with van der Waals surface area (Å²) in [5.41, 5.74) is 8.76. The maximum Gasteiger partial charge on any atom is 0.0219 e. The Hall–Kier alpha value is -1.64. The summed E-state index contributed by atoms with van der Waals surface area (Å²) in [5.74, 6) is 6.44. The molecule has 0 saturated carbocycles. The van der Waals surface area contributed by atoms with Gasteiger partial charge in [-0.15, -0.1) is 0 Å². The van der Waals surface area contributed by atoms with E-state index < -0.39 is 0 Å². The number of fused-ring (bicyclic) bond motifs is 1. The number of hydrogen-bond donors (Lipinski definition) is 2. The second-order valence-corrected chi connectivity index (χ2v) is 6.22. The van der Waals surface area contributed by atoms with Crippen molar-refractivity contribution in [2.24, 2.45) is 5.84 Å². The van der Waals surface area contributed by atoms with Crippen molar-refractivity contribution in [1.29, 1.82) is 0 Å². The summed E-state index contributed by atoms with van der Waals surface area (Å²) < 4.78 is 0. The fourth-order valence-electron chi connectivity index (χ4n) is 3.28. The Labute approximate surface area is 127 Å². The molecule has 0 heterocycles. The molecule has 2 unspecified atom stereocenters. The molecule has 1 aliphatic rings. The predicted molar refractivity (Wildman–Crippen MR) is 88.1 cm³/mol. The van der Waals surface area contributed by atoms with Crippen LogP contribution in [-0.4, -0.2) is 6.04 Å². The van der Waals surface area contributed by atoms with Gasteiger partial charge in [-0.25, -0.2) is 0 Å². The number of aryl methyl sites for hydroxylation is 2. The van der Waals surface area contributed by atoms with Crippen molar-refractivity contribution in [2.45, 2.75) is 44.6 Å². The Morgan fingerprint density at radius 2 is 1.90 bits per heavy atom. The summed E-state index contributed by atoms with van der Waals surface area (Å²) in [5, 5.41) is 0. The highest BCUT2D eigenvalue weighted by Crippen LogP contribution is 2.38. The second kappa shape index (κ2) is 6.42. The lowest BCUT2D eigenvalue weighted by atomic mass is 9.74. The van der Waals surface area contributed by atoms with E-state index >= 15 is 0 Å². The van der Waals surface area contributed by atoms with Crippen molar-refractivity contribution in [3.63, 3.8) is 0 Å². The molecule has 0 saturated heterocycles. The van der Waals surface area contributed by atoms with Gasteiger partial charge in [-0.2, -0.15) is 0 Å². The third-order valence-corrected chi connectivity index (χ3v) is 4.67. The fraction of sp³-hybridized carbons (Fsp3) is 0.368. The van der Waals surface area contributed by atoms with E-state index in [0.29, 0.717) is 12.0 Å². The van der Waals surface area contributed by atoms with Crippen LogP contribution in [0.4, 0.5) is 0 Å². The first-order chi connectivity index (χ1) is 10.3. The van der Waals surface area contributed by atoms with Gasteiger partial charge in [-0.05, 0) is 55.2 Å². The van der Waals surface area contributed by atoms with E-state index in [9.17, 15) is 0 Å². The normalized spacial score (nSPS) is 17.9. The van der Waals surface area contributed by atoms with Crippen molar-refractivity contribution in [3.05, 3.63) is 70.8 Å². The molecule has 2 aromatic rings. The fourth-order valence-corrected chi connectivity index (χ4v) is 3.28. The molecule has 110 valence electrons. The SMILES string of the molecule is Cc1ccc(CCC(CC2Cc3ccccc32)NN)cc1. The van der Waals surface area contributed by atoms with E-state index in [1.54, 1.807) is 0 Å². The summed E-state index contributed by atoms with van der Waals surface area (Å²) in [6, 6.07) is 18.0. The molecular formula is C19H24N2. The first-order valence-electron chi connectivity index (χ1n) is 7.85. The summed E-state index contributed by atoms with van der Waals surface area (Å²) in [6.45, 7) is 2.13. The van der Waals surface area contributed by atoms with Gasteiger partial charge < -0.3 is 0 Å². The van der Waals surface area contributed by atoms with Crippen LogP contribution in [0.1, 0.15) is 41.0 Å². The summed E-state index contributed by atoms with van der Waals surface area (Å²) >= 11 is 0. The highest BCUT2D eigenvalue weighted by atomic mass is 15.2. The molecular weight excluding hydrogens is 256 g/mol. The molecule has 2 heteroatoms. The van der Waals surface area contributed by atoms with Crippen LogP contribution >= 0.6 is 0 Å². The van der Waals surface area contributed by atoms with Gasteiger partial charge in [0.1, 0.15) is 0 Å². The Bertz CT molecular complexity index is 589. The van der Waals surface area contributed by atoms with Gasteiger partial charge in [-0.3, -0.25) is 11.3 Å². The van der Waals surface area contributed by atoms with Crippen LogP contribution in [0.15, 0.2) is 48.5 Å². The summed E-state index contributed by atoms with van der Waals surface area (Å²) in [4.78, 5) is 0. The van der Waals surface area contributed by atoms with E-state index in [1.807, 2.05) is 0 Å². The summed E-state index contributed by atoms with van der Waals surface area (Å²) in [7, 11) is 0. The molecule has 2 atom stereocenters. The third-order valence-electron chi connectivity index (χ3n) is 4.67. The van der Waals surface area contributed by atoms with Gasteiger partial charge in [0.25, 0.3) is 0 Å². The van der Waals surface area contributed by atoms with Gasteiger partial charge in [0.15, 0.2) is 0 Å². The number of rotatable bonds is 6. The molecule has 0 radical (unpaired) electrons. The minimum absolute atomic E-state index is 0.393. The zero-order valence-corrected chi connectivity index (χ0v) is 12.7. The van der Waals surface area contributed by atoms with Gasteiger partial charge in [0.05, 0.1) is 0 Å². The number of nitrogens with one attached hydrogen (secondary N) is 1. The maximum atomic E-state index is 5.76. The van der Waals surface area contributed by atoms with Crippen LogP contribution in [0.5, 0.6) is 0 Å². The molecule has 1 aliphatic carbocycles. The van der Waals surface area contributed by atoms with Crippen molar-refractivity contribution in [2.75, 3.05) is 0 Å². The minimum Gasteiger partial charge on any atom is -0.271 e. The van der Waals surface area contributed by atoms with Gasteiger partial charge in [0, 0.05) is 6.04 Å². The molecule has 0 amide bonds. The average molecular weight is 280 g/mol. The molecule has 3 N–H and O–H groups in total. The van der Waals surface area contributed by atoms with Crippen LogP contribution in [0.3, 0.4) is 0 Å². The van der Waals surface area contributed by atoms with E-state index in [0.717, 1.165) is 19.3 Å². The highest BCUT2D eigenvalue weighted by molar-refractivity contribution is 5.39. The van der Waals surface area contributed by atoms with Crippen LogP contribution in [-0.2, 0) is 12.8 Å². The van der Waals surface area contributed by atoms with E-state index in [1.165, 1.54) is 28.7 Å². The molecule has 0 aromatic heterocycles.